The third-order valence-electron chi connectivity index (χ3n) is 21.0. The highest BCUT2D eigenvalue weighted by molar-refractivity contribution is 6.32. The van der Waals surface area contributed by atoms with Crippen molar-refractivity contribution in [2.75, 3.05) is 25.5 Å². The van der Waals surface area contributed by atoms with Crippen molar-refractivity contribution in [3.8, 4) is 57.1 Å². The van der Waals surface area contributed by atoms with E-state index in [0.29, 0.717) is 10.6 Å². The standard InChI is InChI=1S/C81H87Cl3N12O26/c1-33(2)22-46(86-5)72(108)94-63-65(103)37-10-15-50(44(83)24-37)118-52-26-39-27-53(69(52)122-79-70(68(106)67(105)54(32-97)120-79)121-58-31-81(4,71(107)34(3)117-58)87-19-21-96-20-18-56(90-80(96)116)89-57(102)17-8-35-6-12-40(82)13-7-35)119-51-16-11-38(25-45(51)84)66(104)64-77(113)93-62(78(114)115)43-28-41(98)29-49(100)59(43)42-23-36(9-14-48(42)99)60(74(110)95-64)92-75(111)61(39)91-73(109)47(30-55(85)101)88-76(63)112/h6-18,20,23-29,33-34,46-47,54,58,60-68,70-71,79,86-87,97-100,103-107H,19,21-22,30-32H2,1-5H3,(H2,85,101)(H,88,112)(H,91,109)(H,92,111)(H,93,113)(H,94,108)(H,95,110)(H,114,115)(H,89,90,102,116)/b17-8+/t34-,46+,47+,54+,58+,60+,61?,62-,63-,64-,65-,66-,67-,68-,70-,71+,79?,81?/m1/s1. The highest BCUT2D eigenvalue weighted by Gasteiger charge is 2.52. The minimum Gasteiger partial charge on any atom is -0.508 e. The molecule has 8 heterocycles. The maximum absolute atomic E-state index is 16.2. The van der Waals surface area contributed by atoms with Gasteiger partial charge in [-0.05, 0) is 140 Å². The Balaban J connectivity index is 0.992. The van der Waals surface area contributed by atoms with Crippen LogP contribution in [0.1, 0.15) is 111 Å². The van der Waals surface area contributed by atoms with E-state index in [1.54, 1.807) is 31.2 Å². The second kappa shape index (κ2) is 37.8. The molecule has 41 heteroatoms. The van der Waals surface area contributed by atoms with Crippen LogP contribution in [0, 0.1) is 5.92 Å². The zero-order chi connectivity index (χ0) is 88.2. The Kier molecular flexibility index (Phi) is 27.8. The van der Waals surface area contributed by atoms with E-state index in [0.717, 1.165) is 66.7 Å². The third kappa shape index (κ3) is 20.1. The van der Waals surface area contributed by atoms with E-state index < -0.39 is 254 Å². The summed E-state index contributed by atoms with van der Waals surface area (Å²) in [6.45, 7) is 5.59. The number of rotatable bonds is 20. The van der Waals surface area contributed by atoms with Gasteiger partial charge in [-0.2, -0.15) is 4.98 Å². The predicted octanol–water partition coefficient (Wildman–Crippen LogP) is 2.30. The molecule has 7 aliphatic rings. The lowest BCUT2D eigenvalue weighted by Crippen LogP contribution is -2.65. The number of likely N-dealkylation sites (N-methyl/N-ethyl adjacent to an activating group) is 1. The topological polar surface area (TPSA) is 580 Å². The van der Waals surface area contributed by atoms with Gasteiger partial charge < -0.3 is 133 Å². The molecule has 21 N–H and O–H groups in total. The summed E-state index contributed by atoms with van der Waals surface area (Å²) in [5.41, 5.74) is 1.29. The second-order valence-electron chi connectivity index (χ2n) is 30.2. The molecule has 6 aromatic carbocycles. The molecular formula is C81H87Cl3N12O26. The summed E-state index contributed by atoms with van der Waals surface area (Å²) in [5.74, 6) is -17.1. The first kappa shape index (κ1) is 89.7. The first-order valence-corrected chi connectivity index (χ1v) is 39.3. The predicted molar refractivity (Wildman–Crippen MR) is 431 cm³/mol. The molecule has 18 atom stereocenters. The van der Waals surface area contributed by atoms with Gasteiger partial charge in [-0.25, -0.2) is 9.59 Å². The van der Waals surface area contributed by atoms with Crippen LogP contribution in [0.3, 0.4) is 0 Å². The molecule has 0 saturated carbocycles. The maximum atomic E-state index is 16.2. The van der Waals surface area contributed by atoms with Crippen LogP contribution >= 0.6 is 34.8 Å². The van der Waals surface area contributed by atoms with Gasteiger partial charge in [0.05, 0.1) is 41.3 Å². The number of benzene rings is 6. The van der Waals surface area contributed by atoms with Gasteiger partial charge in [0.1, 0.15) is 95.3 Å². The second-order valence-corrected chi connectivity index (χ2v) is 31.5. The Bertz CT molecular complexity index is 5300. The van der Waals surface area contributed by atoms with Crippen LogP contribution in [0.2, 0.25) is 15.1 Å². The van der Waals surface area contributed by atoms with Crippen LogP contribution in [0.5, 0.6) is 46.0 Å². The van der Waals surface area contributed by atoms with Crippen molar-refractivity contribution in [3.63, 3.8) is 0 Å². The number of primary amides is 1. The number of halogens is 3. The molecule has 648 valence electrons. The molecule has 14 rings (SSSR count). The Morgan fingerprint density at radius 3 is 1.98 bits per heavy atom. The first-order valence-electron chi connectivity index (χ1n) is 38.1. The van der Waals surface area contributed by atoms with Crippen LogP contribution in [0.25, 0.3) is 17.2 Å². The number of nitrogens with one attached hydrogen (secondary N) is 9. The Morgan fingerprint density at radius 1 is 0.721 bits per heavy atom. The van der Waals surface area contributed by atoms with Crippen LogP contribution in [-0.2, 0) is 63.9 Å². The monoisotopic (exact) mass is 1750 g/mol. The number of nitrogens with two attached hydrogens (primary N) is 1. The number of aromatic nitrogens is 2. The number of carbonyl (C=O) groups excluding carboxylic acids is 8. The number of carboxylic acids is 1. The number of hydrogen-bond acceptors (Lipinski definition) is 28. The van der Waals surface area contributed by atoms with Crippen LogP contribution in [-0.4, -0.2) is 213 Å². The number of aliphatic carboxylic acids is 1. The number of carboxylic acid groups (broad SMARTS) is 1. The minimum absolute atomic E-state index is 0.0355. The number of aliphatic hydroxyl groups excluding tert-OH is 6. The van der Waals surface area contributed by atoms with Gasteiger partial charge in [-0.3, -0.25) is 42.9 Å². The molecule has 2 fully saturated rings. The molecule has 3 unspecified atom stereocenters. The Hall–Kier alpha value is -11.6. The summed E-state index contributed by atoms with van der Waals surface area (Å²) in [5, 5.41) is 139. The number of hydrogen-bond donors (Lipinski definition) is 20. The van der Waals surface area contributed by atoms with E-state index in [2.05, 4.69) is 52.8 Å². The fourth-order valence-corrected chi connectivity index (χ4v) is 15.3. The van der Waals surface area contributed by atoms with E-state index in [4.69, 9.17) is 69.0 Å². The molecular weight excluding hydrogens is 1660 g/mol. The Morgan fingerprint density at radius 2 is 1.36 bits per heavy atom. The van der Waals surface area contributed by atoms with E-state index >= 15 is 14.4 Å². The van der Waals surface area contributed by atoms with Gasteiger partial charge in [0.25, 0.3) is 0 Å². The average Bonchev–Trinajstić information content (AvgIpc) is 0.763. The summed E-state index contributed by atoms with van der Waals surface area (Å²) in [7, 11) is 1.46. The largest absolute Gasteiger partial charge is 0.508 e. The van der Waals surface area contributed by atoms with Crippen molar-refractivity contribution in [1.82, 2.24) is 52.1 Å². The summed E-state index contributed by atoms with van der Waals surface area (Å²) < 4.78 is 40.5. The Labute approximate surface area is 708 Å². The first-order chi connectivity index (χ1) is 57.9. The molecule has 11 bridgehead atoms. The molecule has 1 aromatic heterocycles. The highest BCUT2D eigenvalue weighted by Crippen LogP contribution is 2.50. The van der Waals surface area contributed by atoms with Crippen molar-refractivity contribution in [3.05, 3.63) is 180 Å². The lowest BCUT2D eigenvalue weighted by molar-refractivity contribution is -0.334. The van der Waals surface area contributed by atoms with Gasteiger partial charge in [-0.15, -0.1) is 0 Å². The molecule has 7 aliphatic heterocycles. The molecule has 0 aliphatic carbocycles. The minimum atomic E-state index is -2.40. The van der Waals surface area contributed by atoms with Gasteiger partial charge in [0, 0.05) is 65.1 Å². The van der Waals surface area contributed by atoms with Crippen molar-refractivity contribution in [1.29, 1.82) is 0 Å². The smallest absolute Gasteiger partial charge is 0.349 e. The summed E-state index contributed by atoms with van der Waals surface area (Å²) >= 11 is 20.3. The summed E-state index contributed by atoms with van der Waals surface area (Å²) in [6, 6.07) is 6.98. The molecule has 0 radical (unpaired) electrons. The lowest BCUT2D eigenvalue weighted by Gasteiger charge is -2.48. The summed E-state index contributed by atoms with van der Waals surface area (Å²) in [4.78, 5) is 148. The normalized spacial score (nSPS) is 26.4. The van der Waals surface area contributed by atoms with Crippen molar-refractivity contribution >= 4 is 99.9 Å². The SMILES string of the molecule is CN[C@@H](CC(C)C)C(=O)N[C@H]1C(=O)N[C@@H](CC(N)=O)C(=O)NC2C(=O)N[C@@H]3C(=O)N[C@@H](C(=O)N[C@@H](C(=O)O)c4cc(O)cc(O)c4-c4cc3ccc4O)[C@H](O)c3ccc(c(Cl)c3)Oc3cc2cc(c3OC2O[C@@H](CO)[C@@H](O)[C@@H](O)[C@H]2O[C@H]2CC(C)(NCCn3ccc(NC(=O)/C=C/c4ccc(Cl)cc4)nc3=O)[C@@H](O)[C@@H](C)O2)Oc2ccc(cc2Cl)[C@H]1O. The summed E-state index contributed by atoms with van der Waals surface area (Å²) in [6.07, 6.45) is -15.4. The average molecular weight is 1750 g/mol. The maximum Gasteiger partial charge on any atom is 0.349 e. The van der Waals surface area contributed by atoms with E-state index in [-0.39, 0.29) is 60.1 Å². The van der Waals surface area contributed by atoms with E-state index in [1.165, 1.54) is 55.1 Å². The zero-order valence-electron chi connectivity index (χ0n) is 65.4. The molecule has 0 spiro atoms. The number of anilines is 1. The number of phenols is 3. The number of nitrogens with zero attached hydrogens (tertiary/aromatic N) is 2. The number of aliphatic hydroxyl groups is 6. The number of carbonyl (C=O) groups is 9. The fraction of sp³-hybridized carbons (Fsp3) is 0.370. The lowest BCUT2D eigenvalue weighted by atomic mass is 9.85. The third-order valence-corrected chi connectivity index (χ3v) is 21.9. The van der Waals surface area contributed by atoms with Crippen molar-refractivity contribution in [2.24, 2.45) is 11.7 Å². The molecule has 38 nitrogen and oxygen atoms in total. The van der Waals surface area contributed by atoms with Crippen LogP contribution in [0.4, 0.5) is 5.82 Å². The van der Waals surface area contributed by atoms with Gasteiger partial charge >= 0.3 is 11.7 Å². The highest BCUT2D eigenvalue weighted by atomic mass is 35.5. The number of aromatic hydroxyl groups is 3. The van der Waals surface area contributed by atoms with E-state index in [9.17, 15) is 84.6 Å². The molecule has 2 saturated heterocycles. The van der Waals surface area contributed by atoms with Crippen molar-refractivity contribution < 1.29 is 123 Å². The number of phenolic OH excluding ortho intramolecular Hbond substituents is 3. The molecule has 7 aromatic rings. The molecule has 8 amide bonds. The van der Waals surface area contributed by atoms with E-state index in [1.807, 2.05) is 13.8 Å². The van der Waals surface area contributed by atoms with Crippen LogP contribution < -0.4 is 73.5 Å². The quantitative estimate of drug-likeness (QED) is 0.0487. The van der Waals surface area contributed by atoms with Gasteiger partial charge in [0.15, 0.2) is 29.9 Å². The number of amides is 8. The van der Waals surface area contributed by atoms with Crippen LogP contribution in [0.15, 0.2) is 126 Å². The number of fused-ring (bicyclic) bond motifs is 15. The molecule has 122 heavy (non-hydrogen) atoms. The van der Waals surface area contributed by atoms with Crippen molar-refractivity contribution in [2.45, 2.75) is 163 Å². The zero-order valence-corrected chi connectivity index (χ0v) is 67.6. The fourth-order valence-electron chi connectivity index (χ4n) is 14.7. The van der Waals surface area contributed by atoms with Gasteiger partial charge in [-0.1, -0.05) is 79.0 Å². The number of ether oxygens (including phenoxy) is 6. The van der Waals surface area contributed by atoms with Gasteiger partial charge in [0.2, 0.25) is 59.3 Å².